The highest BCUT2D eigenvalue weighted by Gasteiger charge is 2.36. The molecule has 0 atom stereocenters. The molecule has 13 heterocycles. The van der Waals surface area contributed by atoms with E-state index < -0.39 is 0 Å². The largest absolute Gasteiger partial charge is 0.495 e. The third kappa shape index (κ3) is 23.1. The van der Waals surface area contributed by atoms with Gasteiger partial charge in [-0.15, -0.1) is 0 Å². The lowest BCUT2D eigenvalue weighted by molar-refractivity contribution is -0.118. The van der Waals surface area contributed by atoms with Crippen LogP contribution in [-0.2, 0) is 35.5 Å². The number of piperazine rings is 1. The average Bonchev–Trinajstić information content (AvgIpc) is 1.61. The topological polar surface area (TPSA) is 363 Å². The summed E-state index contributed by atoms with van der Waals surface area (Å²) >= 11 is 19.3. The molecule has 10 aromatic carbocycles. The maximum atomic E-state index is 13.4. The molecule has 0 spiro atoms. The number of aliphatic hydroxyl groups is 3. The minimum absolute atomic E-state index is 0.0248. The van der Waals surface area contributed by atoms with E-state index in [4.69, 9.17) is 59.5 Å². The Morgan fingerprint density at radius 1 is 0.409 bits per heavy atom. The molecule has 5 saturated heterocycles. The lowest BCUT2D eigenvalue weighted by Gasteiger charge is -2.42. The van der Waals surface area contributed by atoms with Crippen molar-refractivity contribution in [2.75, 3.05) is 173 Å². The highest BCUT2D eigenvalue weighted by molar-refractivity contribution is 6.36. The number of aliphatic hydroxyl groups excluding tert-OH is 3. The number of ether oxygens (including phenoxy) is 1. The van der Waals surface area contributed by atoms with Gasteiger partial charge in [-0.05, 0) is 197 Å². The van der Waals surface area contributed by atoms with Gasteiger partial charge in [0, 0.05) is 205 Å². The molecule has 23 rings (SSSR count). The van der Waals surface area contributed by atoms with Crippen molar-refractivity contribution in [2.24, 2.45) is 0 Å². The van der Waals surface area contributed by atoms with Crippen LogP contribution in [0.2, 0.25) is 15.1 Å². The number of carbonyl (C=O) groups excluding carboxylic acids is 5. The number of fused-ring (bicyclic) bond motifs is 12. The number of rotatable bonds is 18. The number of para-hydroxylation sites is 4. The van der Waals surface area contributed by atoms with Crippen LogP contribution in [0.5, 0.6) is 5.75 Å². The predicted octanol–water partition coefficient (Wildman–Crippen LogP) is 19.4. The van der Waals surface area contributed by atoms with Gasteiger partial charge in [0.05, 0.1) is 115 Å². The summed E-state index contributed by atoms with van der Waals surface area (Å²) in [4.78, 5) is 123. The summed E-state index contributed by atoms with van der Waals surface area (Å²) in [5, 5.41) is 49.9. The van der Waals surface area contributed by atoms with Crippen LogP contribution in [-0.4, -0.2) is 231 Å². The number of carbonyl (C=O) groups is 5. The van der Waals surface area contributed by atoms with Crippen LogP contribution < -0.4 is 70.9 Å². The smallest absolute Gasteiger partial charge is 0.328 e. The first-order chi connectivity index (χ1) is 72.5. The molecular formula is C113H115Cl3N24O9. The van der Waals surface area contributed by atoms with Crippen LogP contribution in [0.3, 0.4) is 0 Å². The molecule has 9 N–H and O–H groups in total. The SMILES string of the molecule is CN1C(=O)N(C)c2cnc(Nc3ccc(N4CCC(O)CC4)cc3)nc2-c2ccccc21.COc1cc(C(=O)N2CCC(N3CCN(C)CC3)CC2)ccc1Nc1ncc2c(n1)-c1ccccc1NC(=O)C2.O=C1Cc2cnc(Nc3ccc(N4CCC(O)CC4)cc3)nc2-c2ccccc2N1Cc1ccccc1Cl.O=C1Nc2cnc(Nc3ccc(N4CCC(O)CC4)cc3)nc2-c2ccccc2N1Cc1c(Cl)cccc1Cl. The highest BCUT2D eigenvalue weighted by atomic mass is 35.5. The van der Waals surface area contributed by atoms with E-state index in [0.29, 0.717) is 108 Å². The molecular weight excluding hydrogens is 1940 g/mol. The Morgan fingerprint density at radius 2 is 0.859 bits per heavy atom. The van der Waals surface area contributed by atoms with Crippen molar-refractivity contribution < 1.29 is 44.0 Å². The van der Waals surface area contributed by atoms with E-state index in [0.717, 1.165) is 226 Å². The molecule has 0 aliphatic carbocycles. The lowest BCUT2D eigenvalue weighted by atomic mass is 10.0. The van der Waals surface area contributed by atoms with Gasteiger partial charge < -0.3 is 81.4 Å². The minimum atomic E-state index is -0.331. The third-order valence-electron chi connectivity index (χ3n) is 28.6. The maximum Gasteiger partial charge on any atom is 0.328 e. The van der Waals surface area contributed by atoms with Crippen molar-refractivity contribution >= 4 is 162 Å². The molecule has 36 heteroatoms. The molecule has 9 aliphatic rings. The number of anilines is 17. The van der Waals surface area contributed by atoms with E-state index in [1.807, 2.05) is 175 Å². The first-order valence-electron chi connectivity index (χ1n) is 50.3. The van der Waals surface area contributed by atoms with Gasteiger partial charge in [0.25, 0.3) is 5.91 Å². The summed E-state index contributed by atoms with van der Waals surface area (Å²) in [6, 6.07) is 73.6. The molecule has 0 bridgehead atoms. The summed E-state index contributed by atoms with van der Waals surface area (Å²) < 4.78 is 5.65. The molecule has 4 aromatic heterocycles. The van der Waals surface area contributed by atoms with E-state index >= 15 is 0 Å². The third-order valence-corrected chi connectivity index (χ3v) is 29.7. The van der Waals surface area contributed by atoms with E-state index in [1.165, 1.54) is 0 Å². The standard InChI is InChI=1S/C30H28ClN5O2.C30H35N7O3.C29H26Cl2N6O2.C24H26N6O2/c31-26-7-3-1-5-20(26)19-36-27-8-4-2-6-25(27)29-21(17-28(36)38)18-32-30(34-29)33-22-9-11-23(12-10-22)35-15-13-24(37)14-16-35;1-35-13-15-36(16-14-35)22-9-11-37(12-10-22)29(39)20-7-8-25(26(17-20)40-2)33-30-31-19-21-18-27(38)32-24-6-4-3-5-23(24)28(21)34-30;30-23-5-3-6-24(31)22(23)17-37-26-7-2-1-4-21(26)27-25(34-29(37)39)16-32-28(35-27)33-18-8-10-19(11-9-18)36-14-12-20(38)13-15-36;1-28-20-6-4-3-5-19(20)22-21(29(2)24(28)32)15-25-23(27-22)26-16-7-9-17(10-8-16)30-13-11-18(31)12-14-30/h1-12,18,24,37H,13-17,19H2,(H,32,33,34);3-8,17,19,22H,9-16,18H2,1-2H3,(H,32,38)(H,31,33,34);1-11,16,20,38H,12-15,17H2,(H,34,39)(H,32,33,35);3-10,15,18,31H,11-14H2,1-2H3,(H,25,26,27). The molecule has 5 fully saturated rings. The number of likely N-dealkylation sites (N-methyl/N-ethyl adjacent to an activating group) is 1. The van der Waals surface area contributed by atoms with Crippen LogP contribution in [0.25, 0.3) is 45.0 Å². The van der Waals surface area contributed by atoms with Gasteiger partial charge in [0.15, 0.2) is 0 Å². The van der Waals surface area contributed by atoms with Gasteiger partial charge >= 0.3 is 12.1 Å². The van der Waals surface area contributed by atoms with Crippen molar-refractivity contribution in [1.82, 2.24) is 54.6 Å². The van der Waals surface area contributed by atoms with Crippen molar-refractivity contribution in [3.8, 4) is 50.8 Å². The molecule has 14 aromatic rings. The van der Waals surface area contributed by atoms with Crippen LogP contribution in [0, 0.1) is 0 Å². The zero-order valence-electron chi connectivity index (χ0n) is 83.0. The van der Waals surface area contributed by atoms with Crippen molar-refractivity contribution in [1.29, 1.82) is 0 Å². The Morgan fingerprint density at radius 3 is 1.42 bits per heavy atom. The Hall–Kier alpha value is -15.5. The van der Waals surface area contributed by atoms with E-state index in [1.54, 1.807) is 89.9 Å². The Kier molecular flexibility index (Phi) is 30.8. The normalized spacial score (nSPS) is 16.4. The van der Waals surface area contributed by atoms with Crippen molar-refractivity contribution in [3.63, 3.8) is 0 Å². The quantitative estimate of drug-likeness (QED) is 0.0385. The highest BCUT2D eigenvalue weighted by Crippen LogP contribution is 2.45. The van der Waals surface area contributed by atoms with Crippen LogP contribution >= 0.6 is 34.8 Å². The zero-order valence-corrected chi connectivity index (χ0v) is 85.3. The van der Waals surface area contributed by atoms with E-state index in [-0.39, 0.29) is 67.5 Å². The number of halogens is 3. The lowest BCUT2D eigenvalue weighted by Crippen LogP contribution is -2.52. The number of likely N-dealkylation sites (tertiary alicyclic amines) is 1. The van der Waals surface area contributed by atoms with Crippen molar-refractivity contribution in [3.05, 3.63) is 298 Å². The molecule has 0 radical (unpaired) electrons. The Labute approximate surface area is 879 Å². The zero-order chi connectivity index (χ0) is 103. The number of methoxy groups -OCH3 is 1. The number of amides is 7. The maximum absolute atomic E-state index is 13.4. The van der Waals surface area contributed by atoms with Crippen LogP contribution in [0.4, 0.5) is 107 Å². The second kappa shape index (κ2) is 45.5. The monoisotopic (exact) mass is 2060 g/mol. The van der Waals surface area contributed by atoms with E-state index in [9.17, 15) is 39.3 Å². The Bertz CT molecular complexity index is 7230. The van der Waals surface area contributed by atoms with E-state index in [2.05, 4.69) is 120 Å². The second-order valence-corrected chi connectivity index (χ2v) is 39.5. The first kappa shape index (κ1) is 101. The number of nitrogens with zero attached hydrogens (tertiary/aromatic N) is 18. The second-order valence-electron chi connectivity index (χ2n) is 38.3. The summed E-state index contributed by atoms with van der Waals surface area (Å²) in [5.74, 6) is 2.17. The fourth-order valence-electron chi connectivity index (χ4n) is 20.2. The minimum Gasteiger partial charge on any atom is -0.495 e. The summed E-state index contributed by atoms with van der Waals surface area (Å²) in [7, 11) is 7.26. The number of hydrogen-bond acceptors (Lipinski definition) is 26. The summed E-state index contributed by atoms with van der Waals surface area (Å²) in [6.45, 7) is 11.7. The predicted molar refractivity (Wildman–Crippen MR) is 588 cm³/mol. The molecule has 33 nitrogen and oxygen atoms in total. The van der Waals surface area contributed by atoms with Crippen LogP contribution in [0.1, 0.15) is 84.0 Å². The number of urea groups is 2. The van der Waals surface area contributed by atoms with Crippen molar-refractivity contribution in [2.45, 2.75) is 102 Å². The number of hydrogen-bond donors (Lipinski definition) is 9. The average molecular weight is 2060 g/mol. The molecule has 7 amide bonds. The molecule has 0 saturated carbocycles. The molecule has 762 valence electrons. The van der Waals surface area contributed by atoms with Crippen LogP contribution in [0.15, 0.2) is 255 Å². The number of piperidine rings is 4. The number of nitrogens with one attached hydrogen (secondary N) is 6. The molecule has 149 heavy (non-hydrogen) atoms. The molecule has 9 aliphatic heterocycles. The number of aromatic nitrogens is 8. The van der Waals surface area contributed by atoms with Gasteiger partial charge in [-0.25, -0.2) is 49.5 Å². The summed E-state index contributed by atoms with van der Waals surface area (Å²) in [6.07, 6.45) is 13.3. The number of benzene rings is 10. The van der Waals surface area contributed by atoms with Gasteiger partial charge in [0.2, 0.25) is 35.6 Å². The van der Waals surface area contributed by atoms with Gasteiger partial charge in [-0.1, -0.05) is 132 Å². The van der Waals surface area contributed by atoms with Gasteiger partial charge in [0.1, 0.15) is 17.1 Å². The fraction of sp³-hybridized carbons (Fsp3) is 0.283. The first-order valence-corrected chi connectivity index (χ1v) is 51.4. The van der Waals surface area contributed by atoms with Gasteiger partial charge in [-0.3, -0.25) is 34.0 Å². The summed E-state index contributed by atoms with van der Waals surface area (Å²) in [5.41, 5.74) is 20.7. The fourth-order valence-corrected chi connectivity index (χ4v) is 20.9. The molecule has 0 unspecified atom stereocenters. The van der Waals surface area contributed by atoms with Gasteiger partial charge in [-0.2, -0.15) is 0 Å². The Balaban J connectivity index is 0.000000121.